The highest BCUT2D eigenvalue weighted by atomic mass is 32.1. The van der Waals surface area contributed by atoms with Crippen LogP contribution in [0.2, 0.25) is 0 Å². The minimum atomic E-state index is -0.723. The maximum absolute atomic E-state index is 14.2. The third kappa shape index (κ3) is 4.44. The van der Waals surface area contributed by atoms with Crippen LogP contribution in [0.4, 0.5) is 13.9 Å². The summed E-state index contributed by atoms with van der Waals surface area (Å²) in [4.78, 5) is 21.4. The van der Waals surface area contributed by atoms with Crippen LogP contribution in [0, 0.1) is 18.6 Å². The van der Waals surface area contributed by atoms with Gasteiger partial charge in [-0.15, -0.1) is 0 Å². The Kier molecular flexibility index (Phi) is 5.84. The molecule has 0 radical (unpaired) electrons. The Hall–Kier alpha value is -2.42. The Bertz CT molecular complexity index is 1030. The van der Waals surface area contributed by atoms with Crippen molar-refractivity contribution in [1.29, 1.82) is 0 Å². The highest BCUT2D eigenvalue weighted by Gasteiger charge is 2.24. The Morgan fingerprint density at radius 1 is 1.24 bits per heavy atom. The third-order valence-corrected chi connectivity index (χ3v) is 5.91. The highest BCUT2D eigenvalue weighted by Crippen LogP contribution is 2.32. The predicted octanol–water partition coefficient (Wildman–Crippen LogP) is 3.86. The molecule has 0 saturated carbocycles. The quantitative estimate of drug-likeness (QED) is 0.633. The second-order valence-electron chi connectivity index (χ2n) is 7.01. The van der Waals surface area contributed by atoms with Crippen molar-refractivity contribution in [1.82, 2.24) is 9.88 Å². The molecule has 1 saturated heterocycles. The summed E-state index contributed by atoms with van der Waals surface area (Å²) in [5.41, 5.74) is 1.60. The van der Waals surface area contributed by atoms with Gasteiger partial charge >= 0.3 is 0 Å². The van der Waals surface area contributed by atoms with Crippen molar-refractivity contribution >= 4 is 32.6 Å². The van der Waals surface area contributed by atoms with Crippen molar-refractivity contribution in [2.24, 2.45) is 0 Å². The van der Waals surface area contributed by atoms with E-state index in [0.717, 1.165) is 36.1 Å². The molecule has 5 nitrogen and oxygen atoms in total. The SMILES string of the molecule is Cc1cccc(C(=O)N(CCN2CCOCC2)c2nc3c(F)cc(F)cc3s2)c1. The molecule has 0 aliphatic carbocycles. The van der Waals surface area contributed by atoms with E-state index >= 15 is 0 Å². The number of benzene rings is 2. The average molecular weight is 417 g/mol. The lowest BCUT2D eigenvalue weighted by atomic mass is 10.1. The molecule has 0 unspecified atom stereocenters. The number of aryl methyl sites for hydroxylation is 1. The van der Waals surface area contributed by atoms with Crippen molar-refractivity contribution in [3.05, 3.63) is 59.2 Å². The fourth-order valence-electron chi connectivity index (χ4n) is 3.35. The van der Waals surface area contributed by atoms with E-state index in [1.807, 2.05) is 25.1 Å². The van der Waals surface area contributed by atoms with Crippen LogP contribution < -0.4 is 4.90 Å². The summed E-state index contributed by atoms with van der Waals surface area (Å²) in [5, 5.41) is 0.365. The van der Waals surface area contributed by atoms with Crippen LogP contribution in [0.5, 0.6) is 0 Å². The Morgan fingerprint density at radius 2 is 2.03 bits per heavy atom. The Labute approximate surface area is 171 Å². The number of amides is 1. The standard InChI is InChI=1S/C21H21F2N3O2S/c1-14-3-2-4-15(11-14)20(27)26(6-5-25-7-9-28-10-8-25)21-24-19-17(23)12-16(22)13-18(19)29-21/h2-4,11-13H,5-10H2,1H3. The number of thiazole rings is 1. The van der Waals surface area contributed by atoms with Crippen LogP contribution in [0.3, 0.4) is 0 Å². The second kappa shape index (κ2) is 8.52. The van der Waals surface area contributed by atoms with E-state index in [1.54, 1.807) is 11.0 Å². The van der Waals surface area contributed by atoms with Gasteiger partial charge in [0.05, 0.1) is 17.9 Å². The molecule has 0 N–H and O–H groups in total. The highest BCUT2D eigenvalue weighted by molar-refractivity contribution is 7.22. The van der Waals surface area contributed by atoms with E-state index in [0.29, 0.717) is 41.7 Å². The maximum atomic E-state index is 14.2. The topological polar surface area (TPSA) is 45.7 Å². The van der Waals surface area contributed by atoms with Gasteiger partial charge in [-0.1, -0.05) is 29.0 Å². The lowest BCUT2D eigenvalue weighted by molar-refractivity contribution is 0.0391. The van der Waals surface area contributed by atoms with Gasteiger partial charge in [0.1, 0.15) is 11.3 Å². The number of ether oxygens (including phenoxy) is 1. The molecule has 1 amide bonds. The molecule has 8 heteroatoms. The Balaban J connectivity index is 1.67. The molecule has 1 fully saturated rings. The van der Waals surface area contributed by atoms with Crippen molar-refractivity contribution in [3.63, 3.8) is 0 Å². The predicted molar refractivity (Wildman–Crippen MR) is 110 cm³/mol. The first kappa shape index (κ1) is 19.9. The number of rotatable bonds is 5. The summed E-state index contributed by atoms with van der Waals surface area (Å²) in [5.74, 6) is -1.59. The van der Waals surface area contributed by atoms with Crippen LogP contribution in [0.1, 0.15) is 15.9 Å². The summed E-state index contributed by atoms with van der Waals surface area (Å²) >= 11 is 1.12. The van der Waals surface area contributed by atoms with Crippen LogP contribution in [0.25, 0.3) is 10.2 Å². The lowest BCUT2D eigenvalue weighted by Gasteiger charge is -2.29. The van der Waals surface area contributed by atoms with E-state index in [2.05, 4.69) is 9.88 Å². The molecular weight excluding hydrogens is 396 g/mol. The summed E-state index contributed by atoms with van der Waals surface area (Å²) in [6.07, 6.45) is 0. The van der Waals surface area contributed by atoms with Gasteiger partial charge in [-0.3, -0.25) is 14.6 Å². The summed E-state index contributed by atoms with van der Waals surface area (Å²) in [6.45, 7) is 5.89. The molecule has 1 aliphatic rings. The second-order valence-corrected chi connectivity index (χ2v) is 8.02. The number of aromatic nitrogens is 1. The van der Waals surface area contributed by atoms with E-state index in [-0.39, 0.29) is 11.4 Å². The van der Waals surface area contributed by atoms with Gasteiger partial charge in [0, 0.05) is 37.8 Å². The number of morpholine rings is 1. The maximum Gasteiger partial charge on any atom is 0.260 e. The summed E-state index contributed by atoms with van der Waals surface area (Å²) in [7, 11) is 0. The molecule has 0 atom stereocenters. The smallest absolute Gasteiger partial charge is 0.260 e. The number of halogens is 2. The average Bonchev–Trinajstić information content (AvgIpc) is 3.13. The number of hydrogen-bond acceptors (Lipinski definition) is 5. The molecule has 0 bridgehead atoms. The molecular formula is C21H21F2N3O2S. The number of carbonyl (C=O) groups excluding carboxylic acids is 1. The van der Waals surface area contributed by atoms with Crippen LogP contribution in [0.15, 0.2) is 36.4 Å². The molecule has 1 aromatic heterocycles. The normalized spacial score (nSPS) is 15.0. The minimum Gasteiger partial charge on any atom is -0.379 e. The Morgan fingerprint density at radius 3 is 2.79 bits per heavy atom. The molecule has 1 aliphatic heterocycles. The number of nitrogens with zero attached hydrogens (tertiary/aromatic N) is 3. The first-order valence-corrected chi connectivity index (χ1v) is 10.3. The number of anilines is 1. The first-order valence-electron chi connectivity index (χ1n) is 9.45. The fraction of sp³-hybridized carbons (Fsp3) is 0.333. The number of carbonyl (C=O) groups is 1. The molecule has 29 heavy (non-hydrogen) atoms. The van der Waals surface area contributed by atoms with Crippen LogP contribution in [-0.2, 0) is 4.74 Å². The molecule has 4 rings (SSSR count). The van der Waals surface area contributed by atoms with E-state index in [1.165, 1.54) is 6.07 Å². The molecule has 152 valence electrons. The van der Waals surface area contributed by atoms with Crippen molar-refractivity contribution < 1.29 is 18.3 Å². The van der Waals surface area contributed by atoms with Gasteiger partial charge in [0.15, 0.2) is 10.9 Å². The number of fused-ring (bicyclic) bond motifs is 1. The summed E-state index contributed by atoms with van der Waals surface area (Å²) < 4.78 is 33.5. The van der Waals surface area contributed by atoms with Crippen molar-refractivity contribution in [2.75, 3.05) is 44.3 Å². The van der Waals surface area contributed by atoms with Crippen LogP contribution >= 0.6 is 11.3 Å². The molecule has 3 aromatic rings. The number of hydrogen-bond donors (Lipinski definition) is 0. The van der Waals surface area contributed by atoms with E-state index < -0.39 is 11.6 Å². The van der Waals surface area contributed by atoms with Crippen molar-refractivity contribution in [3.8, 4) is 0 Å². The van der Waals surface area contributed by atoms with Crippen LogP contribution in [-0.4, -0.2) is 55.2 Å². The largest absolute Gasteiger partial charge is 0.379 e. The van der Waals surface area contributed by atoms with Gasteiger partial charge in [-0.25, -0.2) is 13.8 Å². The van der Waals surface area contributed by atoms with E-state index in [9.17, 15) is 13.6 Å². The third-order valence-electron chi connectivity index (χ3n) is 4.89. The zero-order valence-electron chi connectivity index (χ0n) is 16.0. The van der Waals surface area contributed by atoms with Gasteiger partial charge in [0.2, 0.25) is 0 Å². The minimum absolute atomic E-state index is 0.0832. The molecule has 0 spiro atoms. The van der Waals surface area contributed by atoms with Gasteiger partial charge in [-0.05, 0) is 25.1 Å². The van der Waals surface area contributed by atoms with Crippen molar-refractivity contribution in [2.45, 2.75) is 6.92 Å². The zero-order chi connectivity index (χ0) is 20.4. The monoisotopic (exact) mass is 417 g/mol. The molecule has 2 heterocycles. The van der Waals surface area contributed by atoms with E-state index in [4.69, 9.17) is 4.74 Å². The first-order chi connectivity index (χ1) is 14.0. The lowest BCUT2D eigenvalue weighted by Crippen LogP contribution is -2.43. The molecule has 2 aromatic carbocycles. The summed E-state index contributed by atoms with van der Waals surface area (Å²) in [6, 6.07) is 9.38. The van der Waals surface area contributed by atoms with Gasteiger partial charge < -0.3 is 4.74 Å². The zero-order valence-corrected chi connectivity index (χ0v) is 16.8. The van der Waals surface area contributed by atoms with Gasteiger partial charge in [0.25, 0.3) is 5.91 Å². The fourth-order valence-corrected chi connectivity index (χ4v) is 4.37. The van der Waals surface area contributed by atoms with Gasteiger partial charge in [-0.2, -0.15) is 0 Å².